The van der Waals surface area contributed by atoms with Gasteiger partial charge in [-0.05, 0) is 27.2 Å². The predicted molar refractivity (Wildman–Crippen MR) is 64.7 cm³/mol. The molecule has 17 heavy (non-hydrogen) atoms. The lowest BCUT2D eigenvalue weighted by Gasteiger charge is -2.17. The molecule has 104 valence electrons. The van der Waals surface area contributed by atoms with Crippen molar-refractivity contribution in [2.24, 2.45) is 0 Å². The fourth-order valence-corrected chi connectivity index (χ4v) is 4.44. The smallest absolute Gasteiger partial charge is 0.368 e. The molecule has 0 aliphatic heterocycles. The Labute approximate surface area is 103 Å². The lowest BCUT2D eigenvalue weighted by Crippen LogP contribution is -2.27. The Balaban J connectivity index is 4.10. The van der Waals surface area contributed by atoms with Crippen molar-refractivity contribution in [1.82, 2.24) is 0 Å². The van der Waals surface area contributed by atoms with Crippen LogP contribution in [0.4, 0.5) is 8.22 Å². The van der Waals surface area contributed by atoms with Gasteiger partial charge in [-0.25, -0.2) is 8.22 Å². The van der Waals surface area contributed by atoms with Gasteiger partial charge in [0.25, 0.3) is 0 Å². The van der Waals surface area contributed by atoms with Crippen molar-refractivity contribution >= 4 is 16.6 Å². The minimum absolute atomic E-state index is 0.00774. The lowest BCUT2D eigenvalue weighted by molar-refractivity contribution is 0.218. The summed E-state index contributed by atoms with van der Waals surface area (Å²) in [4.78, 5) is 0. The van der Waals surface area contributed by atoms with Gasteiger partial charge in [-0.1, -0.05) is 0 Å². The molecule has 0 atom stereocenters. The van der Waals surface area contributed by atoms with Crippen LogP contribution in [0.25, 0.3) is 0 Å². The Morgan fingerprint density at radius 2 is 1.59 bits per heavy atom. The van der Waals surface area contributed by atoms with Gasteiger partial charge in [-0.3, -0.25) is 4.57 Å². The fraction of sp³-hybridized carbons (Fsp3) is 1.00. The van der Waals surface area contributed by atoms with E-state index in [1.54, 1.807) is 13.8 Å². The van der Waals surface area contributed by atoms with Gasteiger partial charge in [0.05, 0.1) is 19.4 Å². The fourth-order valence-electron chi connectivity index (χ4n) is 1.32. The highest BCUT2D eigenvalue weighted by Crippen LogP contribution is 2.49. The summed E-state index contributed by atoms with van der Waals surface area (Å²) in [5.74, 6) is 0. The second-order valence-electron chi connectivity index (χ2n) is 3.34. The molecule has 0 unspecified atom stereocenters. The zero-order valence-electron chi connectivity index (χ0n) is 10.6. The van der Waals surface area contributed by atoms with Crippen LogP contribution in [0.1, 0.15) is 27.2 Å². The first-order valence-electron chi connectivity index (χ1n) is 5.79. The minimum atomic E-state index is -4.58. The molecule has 0 aliphatic rings. The van der Waals surface area contributed by atoms with Crippen LogP contribution in [-0.2, 0) is 18.0 Å². The molecule has 4 nitrogen and oxygen atoms in total. The average Bonchev–Trinajstić information content (AvgIpc) is 2.17. The minimum Gasteiger partial charge on any atom is -0.368 e. The normalized spacial score (nSPS) is 13.0. The van der Waals surface area contributed by atoms with E-state index in [-0.39, 0.29) is 38.4 Å². The van der Waals surface area contributed by atoms with Gasteiger partial charge in [0, 0.05) is 12.7 Å². The third-order valence-corrected chi connectivity index (χ3v) is 5.72. The van der Waals surface area contributed by atoms with Crippen LogP contribution in [0.5, 0.6) is 0 Å². The van der Waals surface area contributed by atoms with Gasteiger partial charge in [0.1, 0.15) is 0 Å². The SMILES string of the molecule is CCO[Si](F)(F)CCCP(=O)(OCC)OCC. The molecular weight excluding hydrogens is 269 g/mol. The van der Waals surface area contributed by atoms with E-state index >= 15 is 0 Å². The van der Waals surface area contributed by atoms with E-state index in [0.29, 0.717) is 0 Å². The molecule has 0 aromatic carbocycles. The van der Waals surface area contributed by atoms with Crippen LogP contribution in [0.15, 0.2) is 0 Å². The molecule has 0 N–H and O–H groups in total. The van der Waals surface area contributed by atoms with Crippen LogP contribution >= 0.6 is 7.60 Å². The highest BCUT2D eigenvalue weighted by Gasteiger charge is 2.38. The van der Waals surface area contributed by atoms with E-state index in [1.165, 1.54) is 6.92 Å². The number of rotatable bonds is 10. The summed E-state index contributed by atoms with van der Waals surface area (Å²) < 4.78 is 52.6. The van der Waals surface area contributed by atoms with E-state index < -0.39 is 16.6 Å². The second-order valence-corrected chi connectivity index (χ2v) is 7.59. The van der Waals surface area contributed by atoms with Crippen LogP contribution < -0.4 is 0 Å². The number of hydrogen-bond acceptors (Lipinski definition) is 4. The summed E-state index contributed by atoms with van der Waals surface area (Å²) >= 11 is 0. The van der Waals surface area contributed by atoms with E-state index in [9.17, 15) is 12.8 Å². The molecule has 0 aromatic rings. The maximum atomic E-state index is 13.1. The predicted octanol–water partition coefficient (Wildman–Crippen LogP) is 3.56. The third-order valence-electron chi connectivity index (χ3n) is 1.91. The van der Waals surface area contributed by atoms with Gasteiger partial charge in [0.2, 0.25) is 0 Å². The first kappa shape index (κ1) is 17.2. The average molecular weight is 290 g/mol. The quantitative estimate of drug-likeness (QED) is 0.350. The van der Waals surface area contributed by atoms with Crippen molar-refractivity contribution in [3.8, 4) is 0 Å². The lowest BCUT2D eigenvalue weighted by atomic mass is 10.6. The van der Waals surface area contributed by atoms with Crippen molar-refractivity contribution < 1.29 is 26.3 Å². The van der Waals surface area contributed by atoms with Crippen LogP contribution in [0.3, 0.4) is 0 Å². The van der Waals surface area contributed by atoms with E-state index in [0.717, 1.165) is 0 Å². The van der Waals surface area contributed by atoms with E-state index in [2.05, 4.69) is 4.43 Å². The maximum Gasteiger partial charge on any atom is 0.577 e. The molecule has 0 aliphatic carbocycles. The highest BCUT2D eigenvalue weighted by atomic mass is 31.2. The second kappa shape index (κ2) is 8.32. The zero-order valence-corrected chi connectivity index (χ0v) is 12.5. The highest BCUT2D eigenvalue weighted by molar-refractivity contribution is 7.53. The summed E-state index contributed by atoms with van der Waals surface area (Å²) in [5, 5.41) is 0. The molecule has 0 saturated heterocycles. The molecule has 0 heterocycles. The van der Waals surface area contributed by atoms with E-state index in [4.69, 9.17) is 9.05 Å². The standard InChI is InChI=1S/C9H21F2O4PSi/c1-4-13-16(12,14-5-2)8-7-9-17(10,11)15-6-3/h4-9H2,1-3H3. The Morgan fingerprint density at radius 3 is 2.00 bits per heavy atom. The topological polar surface area (TPSA) is 44.8 Å². The third kappa shape index (κ3) is 7.99. The van der Waals surface area contributed by atoms with Crippen molar-refractivity contribution in [3.63, 3.8) is 0 Å². The summed E-state index contributed by atoms with van der Waals surface area (Å²) in [6, 6.07) is -0.342. The van der Waals surface area contributed by atoms with Crippen LogP contribution in [0.2, 0.25) is 6.04 Å². The van der Waals surface area contributed by atoms with Crippen molar-refractivity contribution in [2.45, 2.75) is 33.2 Å². The Bertz CT molecular complexity index is 243. The van der Waals surface area contributed by atoms with Crippen molar-refractivity contribution in [2.75, 3.05) is 26.0 Å². The van der Waals surface area contributed by atoms with Gasteiger partial charge >= 0.3 is 16.6 Å². The van der Waals surface area contributed by atoms with Gasteiger partial charge in [-0.15, -0.1) is 0 Å². The molecule has 0 saturated carbocycles. The van der Waals surface area contributed by atoms with Crippen molar-refractivity contribution in [1.29, 1.82) is 0 Å². The molecular formula is C9H21F2O4PSi. The summed E-state index contributed by atoms with van der Waals surface area (Å²) in [6.07, 6.45) is 0.112. The molecule has 0 amide bonds. The molecule has 0 bridgehead atoms. The Kier molecular flexibility index (Phi) is 8.41. The summed E-state index contributed by atoms with van der Waals surface area (Å²) in [5.41, 5.74) is 0. The molecule has 0 aromatic heterocycles. The Morgan fingerprint density at radius 1 is 1.06 bits per heavy atom. The molecule has 8 heteroatoms. The van der Waals surface area contributed by atoms with Gasteiger partial charge < -0.3 is 13.5 Å². The monoisotopic (exact) mass is 290 g/mol. The van der Waals surface area contributed by atoms with Gasteiger partial charge in [0.15, 0.2) is 0 Å². The van der Waals surface area contributed by atoms with Crippen LogP contribution in [-0.4, -0.2) is 35.0 Å². The summed E-state index contributed by atoms with van der Waals surface area (Å²) in [7, 11) is -7.77. The number of hydrogen-bond donors (Lipinski definition) is 0. The first-order chi connectivity index (χ1) is 7.89. The summed E-state index contributed by atoms with van der Waals surface area (Å²) in [6.45, 7) is 5.41. The molecule has 0 radical (unpaired) electrons. The molecule has 0 rings (SSSR count). The van der Waals surface area contributed by atoms with Crippen molar-refractivity contribution in [3.05, 3.63) is 0 Å². The maximum absolute atomic E-state index is 13.1. The molecule has 0 fully saturated rings. The zero-order chi connectivity index (χ0) is 13.4. The largest absolute Gasteiger partial charge is 0.577 e. The number of halogens is 2. The Hall–Kier alpha value is 0.187. The first-order valence-corrected chi connectivity index (χ1v) is 9.39. The van der Waals surface area contributed by atoms with E-state index in [1.807, 2.05) is 0 Å². The van der Waals surface area contributed by atoms with Crippen LogP contribution in [0, 0.1) is 0 Å². The van der Waals surface area contributed by atoms with Gasteiger partial charge in [-0.2, -0.15) is 0 Å². The molecule has 0 spiro atoms.